The third-order valence-corrected chi connectivity index (χ3v) is 2.56. The van der Waals surface area contributed by atoms with Crippen molar-refractivity contribution in [3.05, 3.63) is 70.8 Å². The summed E-state index contributed by atoms with van der Waals surface area (Å²) in [7, 11) is 0. The molecule has 0 aromatic heterocycles. The summed E-state index contributed by atoms with van der Waals surface area (Å²) in [4.78, 5) is 20.9. The van der Waals surface area contributed by atoms with Crippen LogP contribution in [0.1, 0.15) is 31.8 Å². The molecule has 0 fully saturated rings. The van der Waals surface area contributed by atoms with Gasteiger partial charge < -0.3 is 10.2 Å². The van der Waals surface area contributed by atoms with E-state index < -0.39 is 11.9 Å². The molecule has 2 aromatic rings. The number of rotatable bonds is 2. The molecule has 0 bridgehead atoms. The molecule has 0 atom stereocenters. The first-order valence-electron chi connectivity index (χ1n) is 5.96. The van der Waals surface area contributed by atoms with Gasteiger partial charge in [0.2, 0.25) is 0 Å². The Hall–Kier alpha value is -3.64. The summed E-state index contributed by atoms with van der Waals surface area (Å²) < 4.78 is 0. The van der Waals surface area contributed by atoms with Crippen LogP contribution in [0, 0.1) is 22.7 Å². The molecule has 22 heavy (non-hydrogen) atoms. The van der Waals surface area contributed by atoms with Crippen molar-refractivity contribution in [3.63, 3.8) is 0 Å². The molecule has 0 aliphatic carbocycles. The molecule has 6 nitrogen and oxygen atoms in total. The minimum Gasteiger partial charge on any atom is -0.478 e. The first-order chi connectivity index (χ1) is 10.5. The maximum atomic E-state index is 10.4. The van der Waals surface area contributed by atoms with E-state index in [9.17, 15) is 9.59 Å². The number of hydrogen-bond acceptors (Lipinski definition) is 4. The van der Waals surface area contributed by atoms with Crippen molar-refractivity contribution in [2.75, 3.05) is 0 Å². The van der Waals surface area contributed by atoms with Crippen molar-refractivity contribution >= 4 is 11.9 Å². The van der Waals surface area contributed by atoms with E-state index in [4.69, 9.17) is 20.7 Å². The van der Waals surface area contributed by atoms with Crippen LogP contribution in [0.25, 0.3) is 0 Å². The fourth-order valence-corrected chi connectivity index (χ4v) is 1.53. The largest absolute Gasteiger partial charge is 0.478 e. The zero-order valence-electron chi connectivity index (χ0n) is 11.2. The first-order valence-corrected chi connectivity index (χ1v) is 5.96. The molecule has 0 heterocycles. The zero-order valence-corrected chi connectivity index (χ0v) is 11.2. The second kappa shape index (κ2) is 7.83. The third kappa shape index (κ3) is 4.19. The lowest BCUT2D eigenvalue weighted by molar-refractivity contribution is 0.0685. The maximum Gasteiger partial charge on any atom is 0.337 e. The lowest BCUT2D eigenvalue weighted by Gasteiger charge is -1.94. The van der Waals surface area contributed by atoms with Gasteiger partial charge in [0.1, 0.15) is 12.1 Å². The number of benzene rings is 2. The number of nitriles is 2. The van der Waals surface area contributed by atoms with E-state index in [1.54, 1.807) is 36.4 Å². The molecular weight excluding hydrogens is 284 g/mol. The van der Waals surface area contributed by atoms with Crippen molar-refractivity contribution in [1.82, 2.24) is 0 Å². The average molecular weight is 294 g/mol. The lowest BCUT2D eigenvalue weighted by Crippen LogP contribution is -1.98. The molecule has 108 valence electrons. The van der Waals surface area contributed by atoms with E-state index in [2.05, 4.69) is 0 Å². The SMILES string of the molecule is N#Cc1ccccc1C(=O)O.N#Cc1ccccc1C(=O)O. The Morgan fingerprint density at radius 2 is 1.05 bits per heavy atom. The molecule has 0 saturated heterocycles. The maximum absolute atomic E-state index is 10.4. The van der Waals surface area contributed by atoms with Gasteiger partial charge in [-0.25, -0.2) is 9.59 Å². The Kier molecular flexibility index (Phi) is 5.84. The number of carbonyl (C=O) groups is 2. The summed E-state index contributed by atoms with van der Waals surface area (Å²) in [6.45, 7) is 0. The predicted molar refractivity (Wildman–Crippen MR) is 76.2 cm³/mol. The van der Waals surface area contributed by atoms with Gasteiger partial charge in [0.15, 0.2) is 0 Å². The van der Waals surface area contributed by atoms with Crippen LogP contribution in [-0.2, 0) is 0 Å². The highest BCUT2D eigenvalue weighted by Gasteiger charge is 2.07. The minimum absolute atomic E-state index is 0.0509. The van der Waals surface area contributed by atoms with Gasteiger partial charge in [0, 0.05) is 0 Å². The number of aromatic carboxylic acids is 2. The van der Waals surface area contributed by atoms with Crippen LogP contribution in [0.3, 0.4) is 0 Å². The van der Waals surface area contributed by atoms with E-state index >= 15 is 0 Å². The highest BCUT2D eigenvalue weighted by atomic mass is 16.4. The van der Waals surface area contributed by atoms with Crippen molar-refractivity contribution in [1.29, 1.82) is 10.5 Å². The Morgan fingerprint density at radius 3 is 1.27 bits per heavy atom. The molecule has 0 aliphatic rings. The van der Waals surface area contributed by atoms with Gasteiger partial charge >= 0.3 is 11.9 Å². The van der Waals surface area contributed by atoms with Crippen LogP contribution in [-0.4, -0.2) is 22.2 Å². The summed E-state index contributed by atoms with van der Waals surface area (Å²) in [6.07, 6.45) is 0. The normalized spacial score (nSPS) is 8.64. The van der Waals surface area contributed by atoms with Gasteiger partial charge in [-0.1, -0.05) is 24.3 Å². The Bertz CT molecular complexity index is 718. The van der Waals surface area contributed by atoms with Gasteiger partial charge in [-0.3, -0.25) is 0 Å². The standard InChI is InChI=1S/2C8H5NO2/c2*9-5-6-3-1-2-4-7(6)8(10)11/h2*1-4H,(H,10,11). The molecule has 6 heteroatoms. The molecule has 0 saturated carbocycles. The smallest absolute Gasteiger partial charge is 0.337 e. The van der Waals surface area contributed by atoms with Crippen molar-refractivity contribution in [2.45, 2.75) is 0 Å². The third-order valence-electron chi connectivity index (χ3n) is 2.56. The van der Waals surface area contributed by atoms with Crippen LogP contribution in [0.2, 0.25) is 0 Å². The molecule has 2 aromatic carbocycles. The lowest BCUT2D eigenvalue weighted by atomic mass is 10.1. The summed E-state index contributed by atoms with van der Waals surface area (Å²) in [5, 5.41) is 34.0. The Balaban J connectivity index is 0.000000220. The summed E-state index contributed by atoms with van der Waals surface area (Å²) in [5.74, 6) is -2.13. The van der Waals surface area contributed by atoms with Crippen LogP contribution < -0.4 is 0 Å². The van der Waals surface area contributed by atoms with E-state index in [0.29, 0.717) is 0 Å². The molecule has 0 unspecified atom stereocenters. The number of carboxylic acids is 2. The molecule has 2 N–H and O–H groups in total. The number of carboxylic acid groups (broad SMARTS) is 2. The molecule has 0 radical (unpaired) electrons. The quantitative estimate of drug-likeness (QED) is 0.877. The predicted octanol–water partition coefficient (Wildman–Crippen LogP) is 2.51. The van der Waals surface area contributed by atoms with Gasteiger partial charge in [0.05, 0.1) is 22.3 Å². The van der Waals surface area contributed by atoms with E-state index in [1.165, 1.54) is 24.3 Å². The fraction of sp³-hybridized carbons (Fsp3) is 0. The van der Waals surface area contributed by atoms with Crippen LogP contribution in [0.5, 0.6) is 0 Å². The number of nitrogens with zero attached hydrogens (tertiary/aromatic N) is 2. The highest BCUT2D eigenvalue weighted by molar-refractivity contribution is 5.90. The summed E-state index contributed by atoms with van der Waals surface area (Å²) in [5.41, 5.74) is 0.491. The highest BCUT2D eigenvalue weighted by Crippen LogP contribution is 2.06. The fourth-order valence-electron chi connectivity index (χ4n) is 1.53. The van der Waals surface area contributed by atoms with Gasteiger partial charge in [0.25, 0.3) is 0 Å². The molecule has 2 rings (SSSR count). The molecular formula is C16H10N2O4. The second-order valence-electron chi connectivity index (χ2n) is 3.93. The van der Waals surface area contributed by atoms with E-state index in [1.807, 2.05) is 0 Å². The van der Waals surface area contributed by atoms with Crippen LogP contribution >= 0.6 is 0 Å². The average Bonchev–Trinajstić information content (AvgIpc) is 2.55. The molecule has 0 aliphatic heterocycles. The van der Waals surface area contributed by atoms with Gasteiger partial charge in [-0.15, -0.1) is 0 Å². The van der Waals surface area contributed by atoms with Crippen molar-refractivity contribution < 1.29 is 19.8 Å². The molecule has 0 spiro atoms. The van der Waals surface area contributed by atoms with Crippen LogP contribution in [0.15, 0.2) is 48.5 Å². The zero-order chi connectivity index (χ0) is 16.5. The summed E-state index contributed by atoms with van der Waals surface area (Å²) in [6, 6.07) is 15.8. The van der Waals surface area contributed by atoms with Crippen LogP contribution in [0.4, 0.5) is 0 Å². The first kappa shape index (κ1) is 16.4. The minimum atomic E-state index is -1.07. The van der Waals surface area contributed by atoms with Crippen molar-refractivity contribution in [2.24, 2.45) is 0 Å². The van der Waals surface area contributed by atoms with Crippen molar-refractivity contribution in [3.8, 4) is 12.1 Å². The van der Waals surface area contributed by atoms with Gasteiger partial charge in [-0.05, 0) is 24.3 Å². The monoisotopic (exact) mass is 294 g/mol. The molecule has 0 amide bonds. The summed E-state index contributed by atoms with van der Waals surface area (Å²) >= 11 is 0. The van der Waals surface area contributed by atoms with Gasteiger partial charge in [-0.2, -0.15) is 10.5 Å². The number of hydrogen-bond donors (Lipinski definition) is 2. The second-order valence-corrected chi connectivity index (χ2v) is 3.93. The Labute approximate surface area is 126 Å². The topological polar surface area (TPSA) is 122 Å². The van der Waals surface area contributed by atoms with E-state index in [0.717, 1.165) is 0 Å². The Morgan fingerprint density at radius 1 is 0.727 bits per heavy atom. The van der Waals surface area contributed by atoms with E-state index in [-0.39, 0.29) is 22.3 Å².